The van der Waals surface area contributed by atoms with Crippen LogP contribution in [-0.2, 0) is 7.05 Å². The number of aryl methyl sites for hydroxylation is 2. The van der Waals surface area contributed by atoms with Crippen LogP contribution < -0.4 is 0 Å². The van der Waals surface area contributed by atoms with E-state index < -0.39 is 0 Å². The van der Waals surface area contributed by atoms with E-state index in [1.807, 2.05) is 39.2 Å². The maximum Gasteiger partial charge on any atom is 0.198 e. The second kappa shape index (κ2) is 6.68. The Bertz CT molecular complexity index is 1150. The summed E-state index contributed by atoms with van der Waals surface area (Å²) in [5.74, 6) is 0.0938. The topological polar surface area (TPSA) is 92.0 Å². The van der Waals surface area contributed by atoms with Gasteiger partial charge in [-0.15, -0.1) is 0 Å². The second-order valence-electron chi connectivity index (χ2n) is 6.44. The predicted molar refractivity (Wildman–Crippen MR) is 105 cm³/mol. The number of H-pyrrole nitrogens is 1. The maximum absolute atomic E-state index is 10.5. The molecular formula is C20H20N6O. The zero-order valence-corrected chi connectivity index (χ0v) is 15.4. The van der Waals surface area contributed by atoms with Crippen molar-refractivity contribution in [1.82, 2.24) is 24.7 Å². The molecule has 0 aromatic carbocycles. The van der Waals surface area contributed by atoms with E-state index in [0.29, 0.717) is 12.0 Å². The van der Waals surface area contributed by atoms with Crippen LogP contribution in [0.3, 0.4) is 0 Å². The van der Waals surface area contributed by atoms with Gasteiger partial charge in [-0.2, -0.15) is 5.10 Å². The summed E-state index contributed by atoms with van der Waals surface area (Å²) < 4.78 is 1.70. The van der Waals surface area contributed by atoms with Crippen molar-refractivity contribution in [3.05, 3.63) is 54.2 Å². The van der Waals surface area contributed by atoms with Gasteiger partial charge in [-0.25, -0.2) is 4.99 Å². The highest BCUT2D eigenvalue weighted by molar-refractivity contribution is 6.14. The summed E-state index contributed by atoms with van der Waals surface area (Å²) in [6.07, 6.45) is 9.51. The first-order valence-electron chi connectivity index (χ1n) is 8.75. The molecule has 4 aromatic heterocycles. The first-order valence-corrected chi connectivity index (χ1v) is 8.75. The summed E-state index contributed by atoms with van der Waals surface area (Å²) in [5, 5.41) is 15.6. The molecule has 0 amide bonds. The smallest absolute Gasteiger partial charge is 0.198 e. The van der Waals surface area contributed by atoms with Crippen LogP contribution in [0.2, 0.25) is 0 Å². The number of aliphatic imine (C=N–C) groups is 1. The highest BCUT2D eigenvalue weighted by atomic mass is 16.3. The van der Waals surface area contributed by atoms with E-state index >= 15 is 0 Å². The summed E-state index contributed by atoms with van der Waals surface area (Å²) in [7, 11) is 1.85. The van der Waals surface area contributed by atoms with Gasteiger partial charge in [0.25, 0.3) is 0 Å². The molecule has 0 aliphatic heterocycles. The maximum atomic E-state index is 10.5. The molecular weight excluding hydrogens is 340 g/mol. The fraction of sp³-hybridized carbons (Fsp3) is 0.200. The average molecular weight is 360 g/mol. The van der Waals surface area contributed by atoms with Gasteiger partial charge in [0.15, 0.2) is 5.88 Å². The molecule has 0 spiro atoms. The fourth-order valence-electron chi connectivity index (χ4n) is 3.18. The SMILES string of the molecule is CCC(=Nc1cnn(C)c1)c1c(O)[nH]c2cnc(-c3cnccc3C)cc12. The number of aromatic nitrogens is 5. The van der Waals surface area contributed by atoms with Crippen LogP contribution in [0, 0.1) is 6.92 Å². The van der Waals surface area contributed by atoms with Crippen molar-refractivity contribution in [2.75, 3.05) is 0 Å². The molecule has 0 aliphatic rings. The zero-order chi connectivity index (χ0) is 19.0. The third kappa shape index (κ3) is 3.08. The third-order valence-electron chi connectivity index (χ3n) is 4.56. The molecule has 4 rings (SSSR count). The first kappa shape index (κ1) is 17.0. The summed E-state index contributed by atoms with van der Waals surface area (Å²) in [6.45, 7) is 4.04. The lowest BCUT2D eigenvalue weighted by atomic mass is 10.0. The number of aromatic amines is 1. The van der Waals surface area contributed by atoms with E-state index in [1.54, 1.807) is 29.5 Å². The van der Waals surface area contributed by atoms with Gasteiger partial charge in [0, 0.05) is 30.4 Å². The van der Waals surface area contributed by atoms with Crippen LogP contribution in [0.4, 0.5) is 5.69 Å². The van der Waals surface area contributed by atoms with Gasteiger partial charge >= 0.3 is 0 Å². The van der Waals surface area contributed by atoms with Crippen LogP contribution in [-0.4, -0.2) is 35.6 Å². The van der Waals surface area contributed by atoms with Gasteiger partial charge in [-0.3, -0.25) is 14.6 Å². The molecule has 7 nitrogen and oxygen atoms in total. The summed E-state index contributed by atoms with van der Waals surface area (Å²) in [6, 6.07) is 3.93. The second-order valence-corrected chi connectivity index (χ2v) is 6.44. The van der Waals surface area contributed by atoms with Gasteiger partial charge in [0.05, 0.1) is 41.1 Å². The summed E-state index contributed by atoms with van der Waals surface area (Å²) in [4.78, 5) is 16.4. The molecule has 0 saturated heterocycles. The van der Waals surface area contributed by atoms with E-state index in [0.717, 1.165) is 39.1 Å². The first-order chi connectivity index (χ1) is 13.1. The monoisotopic (exact) mass is 360 g/mol. The van der Waals surface area contributed by atoms with E-state index in [4.69, 9.17) is 4.99 Å². The van der Waals surface area contributed by atoms with E-state index in [1.165, 1.54) is 0 Å². The van der Waals surface area contributed by atoms with E-state index in [2.05, 4.69) is 20.1 Å². The number of hydrogen-bond acceptors (Lipinski definition) is 5. The van der Waals surface area contributed by atoms with Crippen LogP contribution in [0.1, 0.15) is 24.5 Å². The number of nitrogens with zero attached hydrogens (tertiary/aromatic N) is 5. The Hall–Kier alpha value is -3.48. The lowest BCUT2D eigenvalue weighted by Gasteiger charge is -2.06. The largest absolute Gasteiger partial charge is 0.494 e. The van der Waals surface area contributed by atoms with Crippen LogP contribution in [0.5, 0.6) is 5.88 Å². The Labute approximate surface area is 156 Å². The Morgan fingerprint density at radius 3 is 2.85 bits per heavy atom. The van der Waals surface area contributed by atoms with Crippen molar-refractivity contribution in [3.63, 3.8) is 0 Å². The minimum absolute atomic E-state index is 0.0938. The number of nitrogens with one attached hydrogen (secondary N) is 1. The van der Waals surface area contributed by atoms with Crippen LogP contribution in [0.25, 0.3) is 22.2 Å². The van der Waals surface area contributed by atoms with Crippen molar-refractivity contribution in [1.29, 1.82) is 0 Å². The standard InChI is InChI=1S/C20H20N6O/c1-4-16(24-13-8-23-26(3)11-13)19-14-7-17(15-9-21-6-5-12(15)2)22-10-18(14)25-20(19)27/h5-11,25,27H,4H2,1-3H3. The molecule has 0 saturated carbocycles. The lowest BCUT2D eigenvalue weighted by Crippen LogP contribution is -1.98. The van der Waals surface area contributed by atoms with E-state index in [9.17, 15) is 5.11 Å². The molecule has 0 radical (unpaired) electrons. The minimum atomic E-state index is 0.0938. The third-order valence-corrected chi connectivity index (χ3v) is 4.56. The molecule has 4 aromatic rings. The molecule has 0 atom stereocenters. The van der Waals surface area contributed by atoms with Crippen molar-refractivity contribution in [2.24, 2.45) is 12.0 Å². The predicted octanol–water partition coefficient (Wildman–Crippen LogP) is 3.90. The Morgan fingerprint density at radius 1 is 1.30 bits per heavy atom. The molecule has 0 unspecified atom stereocenters. The van der Waals surface area contributed by atoms with Crippen LogP contribution >= 0.6 is 0 Å². The van der Waals surface area contributed by atoms with Gasteiger partial charge in [-0.05, 0) is 31.0 Å². The van der Waals surface area contributed by atoms with Crippen LogP contribution in [0.15, 0.2) is 48.1 Å². The zero-order valence-electron chi connectivity index (χ0n) is 15.4. The molecule has 2 N–H and O–H groups in total. The highest BCUT2D eigenvalue weighted by Gasteiger charge is 2.17. The van der Waals surface area contributed by atoms with Gasteiger partial charge in [-0.1, -0.05) is 6.92 Å². The minimum Gasteiger partial charge on any atom is -0.494 e. The number of pyridine rings is 2. The Balaban J connectivity index is 1.89. The summed E-state index contributed by atoms with van der Waals surface area (Å²) >= 11 is 0. The molecule has 136 valence electrons. The lowest BCUT2D eigenvalue weighted by molar-refractivity contribution is 0.457. The van der Waals surface area contributed by atoms with Crippen molar-refractivity contribution < 1.29 is 5.11 Å². The van der Waals surface area contributed by atoms with Crippen molar-refractivity contribution >= 4 is 22.3 Å². The van der Waals surface area contributed by atoms with Gasteiger partial charge in [0.1, 0.15) is 5.69 Å². The highest BCUT2D eigenvalue weighted by Crippen LogP contribution is 2.32. The van der Waals surface area contributed by atoms with Gasteiger partial charge in [0.2, 0.25) is 0 Å². The molecule has 7 heteroatoms. The fourth-order valence-corrected chi connectivity index (χ4v) is 3.18. The van der Waals surface area contributed by atoms with Crippen molar-refractivity contribution in [3.8, 4) is 17.1 Å². The van der Waals surface area contributed by atoms with Crippen molar-refractivity contribution in [2.45, 2.75) is 20.3 Å². The molecule has 0 fully saturated rings. The number of rotatable bonds is 4. The Morgan fingerprint density at radius 2 is 2.15 bits per heavy atom. The molecule has 27 heavy (non-hydrogen) atoms. The quantitative estimate of drug-likeness (QED) is 0.540. The van der Waals surface area contributed by atoms with E-state index in [-0.39, 0.29) is 5.88 Å². The average Bonchev–Trinajstić information content (AvgIpc) is 3.21. The number of hydrogen-bond donors (Lipinski definition) is 2. The Kier molecular flexibility index (Phi) is 4.19. The molecule has 0 aliphatic carbocycles. The molecule has 4 heterocycles. The van der Waals surface area contributed by atoms with Gasteiger partial charge < -0.3 is 10.1 Å². The number of aromatic hydroxyl groups is 1. The summed E-state index contributed by atoms with van der Waals surface area (Å²) in [5.41, 5.74) is 5.87. The number of fused-ring (bicyclic) bond motifs is 1. The normalized spacial score (nSPS) is 12.0. The molecule has 0 bridgehead atoms.